The van der Waals surface area contributed by atoms with Gasteiger partial charge in [0.25, 0.3) is 5.91 Å². The van der Waals surface area contributed by atoms with Crippen molar-refractivity contribution in [1.82, 2.24) is 15.2 Å². The highest BCUT2D eigenvalue weighted by atomic mass is 32.1. The third-order valence-corrected chi connectivity index (χ3v) is 5.13. The predicted octanol–water partition coefficient (Wildman–Crippen LogP) is 3.62. The number of nitrogens with one attached hydrogen (secondary N) is 1. The van der Waals surface area contributed by atoms with Crippen molar-refractivity contribution in [2.45, 2.75) is 70.9 Å². The van der Waals surface area contributed by atoms with Crippen molar-refractivity contribution in [2.24, 2.45) is 0 Å². The summed E-state index contributed by atoms with van der Waals surface area (Å²) in [5, 5.41) is 5.36. The first-order valence-electron chi connectivity index (χ1n) is 8.94. The highest BCUT2D eigenvalue weighted by Crippen LogP contribution is 2.23. The highest BCUT2D eigenvalue weighted by Gasteiger charge is 2.24. The summed E-state index contributed by atoms with van der Waals surface area (Å²) >= 11 is 1.46. The molecule has 0 radical (unpaired) electrons. The van der Waals surface area contributed by atoms with E-state index in [9.17, 15) is 9.59 Å². The molecule has 0 saturated heterocycles. The topological polar surface area (TPSA) is 71.5 Å². The van der Waals surface area contributed by atoms with E-state index in [1.54, 1.807) is 0 Å². The molecule has 0 spiro atoms. The van der Waals surface area contributed by atoms with E-state index >= 15 is 0 Å². The summed E-state index contributed by atoms with van der Waals surface area (Å²) in [5.41, 5.74) is -0.000453. The molecule has 25 heavy (non-hydrogen) atoms. The van der Waals surface area contributed by atoms with E-state index in [4.69, 9.17) is 4.74 Å². The Balaban J connectivity index is 1.81. The number of carbonyl (C=O) groups is 2. The Kier molecular flexibility index (Phi) is 6.81. The largest absolute Gasteiger partial charge is 0.444 e. The number of rotatable bonds is 5. The molecule has 0 aliphatic heterocycles. The molecule has 2 amide bonds. The normalized spacial score (nSPS) is 15.7. The van der Waals surface area contributed by atoms with Crippen molar-refractivity contribution in [3.8, 4) is 0 Å². The van der Waals surface area contributed by atoms with Crippen LogP contribution in [0.25, 0.3) is 0 Å². The first kappa shape index (κ1) is 19.7. The van der Waals surface area contributed by atoms with Crippen LogP contribution in [-0.4, -0.2) is 47.1 Å². The Morgan fingerprint density at radius 2 is 2.00 bits per heavy atom. The van der Waals surface area contributed by atoms with Gasteiger partial charge in [-0.2, -0.15) is 0 Å². The highest BCUT2D eigenvalue weighted by molar-refractivity contribution is 7.09. The van der Waals surface area contributed by atoms with Gasteiger partial charge in [0.15, 0.2) is 0 Å². The maximum absolute atomic E-state index is 12.6. The smallest absolute Gasteiger partial charge is 0.407 e. The van der Waals surface area contributed by atoms with E-state index in [0.717, 1.165) is 17.8 Å². The van der Waals surface area contributed by atoms with Crippen molar-refractivity contribution >= 4 is 23.3 Å². The van der Waals surface area contributed by atoms with Crippen molar-refractivity contribution in [2.75, 3.05) is 13.6 Å². The average Bonchev–Trinajstić information content (AvgIpc) is 3.01. The lowest BCUT2D eigenvalue weighted by molar-refractivity contribution is 0.0528. The number of hydrogen-bond acceptors (Lipinski definition) is 5. The van der Waals surface area contributed by atoms with Gasteiger partial charge >= 0.3 is 6.09 Å². The van der Waals surface area contributed by atoms with Gasteiger partial charge in [-0.3, -0.25) is 4.79 Å². The molecule has 1 aromatic heterocycles. The van der Waals surface area contributed by atoms with Gasteiger partial charge < -0.3 is 15.0 Å². The molecule has 0 atom stereocenters. The lowest BCUT2D eigenvalue weighted by atomic mass is 9.94. The maximum Gasteiger partial charge on any atom is 0.407 e. The summed E-state index contributed by atoms with van der Waals surface area (Å²) in [6, 6.07) is 0.334. The Morgan fingerprint density at radius 3 is 2.64 bits per heavy atom. The number of amides is 2. The quantitative estimate of drug-likeness (QED) is 0.863. The molecule has 140 valence electrons. The summed E-state index contributed by atoms with van der Waals surface area (Å²) in [5.74, 6) is -0.00509. The first-order valence-corrected chi connectivity index (χ1v) is 9.82. The number of ether oxygens (including phenoxy) is 1. The van der Waals surface area contributed by atoms with Gasteiger partial charge in [0.2, 0.25) is 0 Å². The molecule has 1 heterocycles. The number of aromatic nitrogens is 1. The van der Waals surface area contributed by atoms with Crippen LogP contribution in [0, 0.1) is 0 Å². The van der Waals surface area contributed by atoms with Crippen LogP contribution >= 0.6 is 11.3 Å². The molecule has 1 fully saturated rings. The van der Waals surface area contributed by atoms with Crippen molar-refractivity contribution < 1.29 is 14.3 Å². The van der Waals surface area contributed by atoms with Gasteiger partial charge in [-0.25, -0.2) is 9.78 Å². The summed E-state index contributed by atoms with van der Waals surface area (Å²) in [7, 11) is 1.88. The van der Waals surface area contributed by atoms with Gasteiger partial charge in [-0.1, -0.05) is 19.3 Å². The van der Waals surface area contributed by atoms with Gasteiger partial charge in [-0.05, 0) is 33.6 Å². The zero-order valence-electron chi connectivity index (χ0n) is 15.6. The van der Waals surface area contributed by atoms with Crippen LogP contribution in [0.1, 0.15) is 68.4 Å². The molecule has 1 aromatic rings. The lowest BCUT2D eigenvalue weighted by Gasteiger charge is -2.30. The zero-order chi connectivity index (χ0) is 18.4. The van der Waals surface area contributed by atoms with E-state index in [1.807, 2.05) is 38.1 Å². The Morgan fingerprint density at radius 1 is 1.32 bits per heavy atom. The van der Waals surface area contributed by atoms with E-state index in [0.29, 0.717) is 24.7 Å². The zero-order valence-corrected chi connectivity index (χ0v) is 16.4. The third kappa shape index (κ3) is 6.30. The molecule has 0 aromatic carbocycles. The molecule has 1 saturated carbocycles. The van der Waals surface area contributed by atoms with Gasteiger partial charge in [0, 0.05) is 31.4 Å². The third-order valence-electron chi connectivity index (χ3n) is 4.22. The second-order valence-electron chi connectivity index (χ2n) is 7.51. The van der Waals surface area contributed by atoms with Crippen LogP contribution in [0.15, 0.2) is 5.38 Å². The molecule has 6 nitrogen and oxygen atoms in total. The Labute approximate surface area is 154 Å². The molecule has 2 rings (SSSR count). The molecular weight excluding hydrogens is 338 g/mol. The Hall–Kier alpha value is -1.63. The fourth-order valence-electron chi connectivity index (χ4n) is 2.92. The molecule has 7 heteroatoms. The molecule has 1 aliphatic carbocycles. The van der Waals surface area contributed by atoms with Gasteiger partial charge in [-0.15, -0.1) is 11.3 Å². The van der Waals surface area contributed by atoms with Gasteiger partial charge in [0.1, 0.15) is 11.3 Å². The van der Waals surface area contributed by atoms with Crippen molar-refractivity contribution in [1.29, 1.82) is 0 Å². The van der Waals surface area contributed by atoms with E-state index in [1.165, 1.54) is 30.6 Å². The minimum atomic E-state index is -0.505. The predicted molar refractivity (Wildman–Crippen MR) is 99.0 cm³/mol. The van der Waals surface area contributed by atoms with E-state index in [-0.39, 0.29) is 5.91 Å². The molecule has 1 aliphatic rings. The van der Waals surface area contributed by atoms with E-state index < -0.39 is 11.7 Å². The number of carbonyl (C=O) groups excluding carboxylic acids is 2. The summed E-state index contributed by atoms with van der Waals surface area (Å²) in [4.78, 5) is 30.5. The van der Waals surface area contributed by atoms with E-state index in [2.05, 4.69) is 10.3 Å². The Bertz CT molecular complexity index is 589. The fraction of sp³-hybridized carbons (Fsp3) is 0.722. The number of nitrogens with zero attached hydrogens (tertiary/aromatic N) is 2. The average molecular weight is 368 g/mol. The maximum atomic E-state index is 12.6. The van der Waals surface area contributed by atoms with Crippen LogP contribution in [0.5, 0.6) is 0 Å². The summed E-state index contributed by atoms with van der Waals surface area (Å²) < 4.78 is 5.19. The fourth-order valence-corrected chi connectivity index (χ4v) is 3.70. The standard InChI is InChI=1S/C18H29N3O3S/c1-18(2,3)24-17(23)19-11-10-15-20-14(12-25-15)16(22)21(4)13-8-6-5-7-9-13/h12-13H,5-11H2,1-4H3,(H,19,23). The first-order chi connectivity index (χ1) is 11.8. The minimum Gasteiger partial charge on any atom is -0.444 e. The summed E-state index contributed by atoms with van der Waals surface area (Å²) in [6.07, 6.45) is 5.98. The monoisotopic (exact) mass is 367 g/mol. The second-order valence-corrected chi connectivity index (χ2v) is 8.46. The molecule has 0 bridgehead atoms. The van der Waals surface area contributed by atoms with Crippen LogP contribution in [0.2, 0.25) is 0 Å². The van der Waals surface area contributed by atoms with Crippen molar-refractivity contribution in [3.63, 3.8) is 0 Å². The summed E-state index contributed by atoms with van der Waals surface area (Å²) in [6.45, 7) is 5.92. The molecular formula is C18H29N3O3S. The number of hydrogen-bond donors (Lipinski definition) is 1. The SMILES string of the molecule is CN(C(=O)c1csc(CCNC(=O)OC(C)(C)C)n1)C1CCCCC1. The van der Waals surface area contributed by atoms with Gasteiger partial charge in [0.05, 0.1) is 5.01 Å². The van der Waals surface area contributed by atoms with Crippen LogP contribution in [0.3, 0.4) is 0 Å². The van der Waals surface area contributed by atoms with Crippen LogP contribution < -0.4 is 5.32 Å². The number of alkyl carbamates (subject to hydrolysis) is 1. The second kappa shape index (κ2) is 8.65. The van der Waals surface area contributed by atoms with Crippen LogP contribution in [0.4, 0.5) is 4.79 Å². The lowest BCUT2D eigenvalue weighted by Crippen LogP contribution is -2.38. The molecule has 1 N–H and O–H groups in total. The minimum absolute atomic E-state index is 0.00509. The molecule has 0 unspecified atom stereocenters. The van der Waals surface area contributed by atoms with Crippen molar-refractivity contribution in [3.05, 3.63) is 16.1 Å². The number of thiazole rings is 1. The van der Waals surface area contributed by atoms with Crippen LogP contribution in [-0.2, 0) is 11.2 Å².